The van der Waals surface area contributed by atoms with Gasteiger partial charge in [0, 0.05) is 11.6 Å². The Morgan fingerprint density at radius 1 is 1.39 bits per heavy atom. The van der Waals surface area contributed by atoms with Gasteiger partial charge in [-0.1, -0.05) is 11.6 Å². The van der Waals surface area contributed by atoms with Gasteiger partial charge in [-0.05, 0) is 68.5 Å². The Hall–Kier alpha value is -0.990. The molecule has 1 fully saturated rings. The second kappa shape index (κ2) is 4.94. The number of piperidine rings is 1. The molecule has 2 aromatic rings. The molecule has 1 aliphatic heterocycles. The predicted molar refractivity (Wildman–Crippen MR) is 77.3 cm³/mol. The third kappa shape index (κ3) is 2.27. The zero-order valence-electron chi connectivity index (χ0n) is 10.7. The fourth-order valence-electron chi connectivity index (χ4n) is 2.93. The van der Waals surface area contributed by atoms with E-state index in [4.69, 9.17) is 11.6 Å². The summed E-state index contributed by atoms with van der Waals surface area (Å²) in [6.07, 6.45) is 5.79. The highest BCUT2D eigenvalue weighted by Gasteiger charge is 2.15. The Kier molecular flexibility index (Phi) is 3.31. The highest BCUT2D eigenvalue weighted by molar-refractivity contribution is 6.35. The van der Waals surface area contributed by atoms with Crippen LogP contribution in [0.4, 0.5) is 0 Å². The quantitative estimate of drug-likeness (QED) is 0.849. The van der Waals surface area contributed by atoms with Gasteiger partial charge in [-0.25, -0.2) is 0 Å². The number of aryl methyl sites for hydroxylation is 1. The van der Waals surface area contributed by atoms with Gasteiger partial charge in [0.2, 0.25) is 0 Å². The molecule has 1 atom stereocenters. The fourth-order valence-corrected chi connectivity index (χ4v) is 3.22. The smallest absolute Gasteiger partial charge is 0.0649 e. The molecule has 0 saturated carbocycles. The Morgan fingerprint density at radius 2 is 2.28 bits per heavy atom. The van der Waals surface area contributed by atoms with E-state index in [-0.39, 0.29) is 0 Å². The molecule has 18 heavy (non-hydrogen) atoms. The molecule has 1 aromatic heterocycles. The third-order valence-corrected chi connectivity index (χ3v) is 4.23. The number of hydrogen-bond donors (Lipinski definition) is 2. The van der Waals surface area contributed by atoms with Gasteiger partial charge in [0.15, 0.2) is 0 Å². The molecule has 1 aromatic carbocycles. The summed E-state index contributed by atoms with van der Waals surface area (Å²) >= 11 is 6.35. The largest absolute Gasteiger partial charge is 0.360 e. The van der Waals surface area contributed by atoms with E-state index in [9.17, 15) is 0 Å². The van der Waals surface area contributed by atoms with Gasteiger partial charge in [0.1, 0.15) is 0 Å². The Balaban J connectivity index is 1.89. The van der Waals surface area contributed by atoms with E-state index in [0.717, 1.165) is 29.4 Å². The summed E-state index contributed by atoms with van der Waals surface area (Å²) in [5.74, 6) is 0.756. The van der Waals surface area contributed by atoms with Gasteiger partial charge in [-0.3, -0.25) is 0 Å². The van der Waals surface area contributed by atoms with Crippen LogP contribution in [0, 0.1) is 12.8 Å². The Labute approximate surface area is 113 Å². The molecule has 96 valence electrons. The first kappa shape index (κ1) is 12.1. The second-order valence-electron chi connectivity index (χ2n) is 5.39. The van der Waals surface area contributed by atoms with Crippen LogP contribution in [0.3, 0.4) is 0 Å². The molecule has 3 heteroatoms. The molecule has 1 aliphatic rings. The number of aromatic amines is 1. The lowest BCUT2D eigenvalue weighted by atomic mass is 9.92. The number of fused-ring (bicyclic) bond motifs is 1. The number of rotatable bonds is 2. The molecule has 2 heterocycles. The molecule has 1 unspecified atom stereocenters. The highest BCUT2D eigenvalue weighted by Crippen LogP contribution is 2.28. The monoisotopic (exact) mass is 262 g/mol. The zero-order chi connectivity index (χ0) is 12.5. The molecule has 0 radical (unpaired) electrons. The maximum Gasteiger partial charge on any atom is 0.0649 e. The SMILES string of the molecule is Cc1c[nH]c2c(Cl)cc(CC3CCCNC3)cc12. The molecule has 2 nitrogen and oxygen atoms in total. The predicted octanol–water partition coefficient (Wildman–Crippen LogP) is 3.67. The van der Waals surface area contributed by atoms with Crippen molar-refractivity contribution in [3.63, 3.8) is 0 Å². The van der Waals surface area contributed by atoms with E-state index >= 15 is 0 Å². The average molecular weight is 263 g/mol. The molecular formula is C15H19ClN2. The van der Waals surface area contributed by atoms with E-state index < -0.39 is 0 Å². The topological polar surface area (TPSA) is 27.8 Å². The standard InChI is InChI=1S/C15H19ClN2/c1-10-8-18-15-13(10)6-12(7-14(15)16)5-11-3-2-4-17-9-11/h6-8,11,17-18H,2-5,9H2,1H3. The highest BCUT2D eigenvalue weighted by atomic mass is 35.5. The summed E-state index contributed by atoms with van der Waals surface area (Å²) in [7, 11) is 0. The third-order valence-electron chi connectivity index (χ3n) is 3.93. The lowest BCUT2D eigenvalue weighted by Crippen LogP contribution is -2.30. The average Bonchev–Trinajstić information content (AvgIpc) is 2.73. The molecule has 3 rings (SSSR count). The van der Waals surface area contributed by atoms with Gasteiger partial charge >= 0.3 is 0 Å². The number of nitrogens with one attached hydrogen (secondary N) is 2. The van der Waals surface area contributed by atoms with Crippen LogP contribution in [-0.2, 0) is 6.42 Å². The van der Waals surface area contributed by atoms with Crippen molar-refractivity contribution < 1.29 is 0 Å². The van der Waals surface area contributed by atoms with E-state index in [1.54, 1.807) is 0 Å². The van der Waals surface area contributed by atoms with E-state index in [1.807, 2.05) is 6.20 Å². The Morgan fingerprint density at radius 3 is 3.06 bits per heavy atom. The van der Waals surface area contributed by atoms with Crippen LogP contribution < -0.4 is 5.32 Å². The van der Waals surface area contributed by atoms with Crippen molar-refractivity contribution in [2.24, 2.45) is 5.92 Å². The van der Waals surface area contributed by atoms with Gasteiger partial charge in [0.25, 0.3) is 0 Å². The maximum atomic E-state index is 6.35. The first-order valence-corrected chi connectivity index (χ1v) is 7.08. The lowest BCUT2D eigenvalue weighted by molar-refractivity contribution is 0.376. The summed E-state index contributed by atoms with van der Waals surface area (Å²) in [4.78, 5) is 3.24. The molecule has 0 amide bonds. The van der Waals surface area contributed by atoms with Gasteiger partial charge < -0.3 is 10.3 Å². The lowest BCUT2D eigenvalue weighted by Gasteiger charge is -2.22. The van der Waals surface area contributed by atoms with Crippen LogP contribution in [0.1, 0.15) is 24.0 Å². The van der Waals surface area contributed by atoms with Crippen molar-refractivity contribution in [2.75, 3.05) is 13.1 Å². The summed E-state index contributed by atoms with van der Waals surface area (Å²) < 4.78 is 0. The molecule has 1 saturated heterocycles. The summed E-state index contributed by atoms with van der Waals surface area (Å²) in [5.41, 5.74) is 3.71. The molecule has 0 spiro atoms. The number of benzene rings is 1. The minimum absolute atomic E-state index is 0.756. The van der Waals surface area contributed by atoms with Crippen LogP contribution >= 0.6 is 11.6 Å². The van der Waals surface area contributed by atoms with Crippen LogP contribution in [0.15, 0.2) is 18.3 Å². The first-order valence-electron chi connectivity index (χ1n) is 6.71. The minimum Gasteiger partial charge on any atom is -0.360 e. The van der Waals surface area contributed by atoms with Crippen molar-refractivity contribution in [3.05, 3.63) is 34.5 Å². The van der Waals surface area contributed by atoms with Crippen LogP contribution in [0.25, 0.3) is 10.9 Å². The summed E-state index contributed by atoms with van der Waals surface area (Å²) in [6.45, 7) is 4.44. The summed E-state index contributed by atoms with van der Waals surface area (Å²) in [5, 5.41) is 5.59. The van der Waals surface area contributed by atoms with Crippen LogP contribution in [0.2, 0.25) is 5.02 Å². The van der Waals surface area contributed by atoms with Crippen molar-refractivity contribution in [2.45, 2.75) is 26.2 Å². The first-order chi connectivity index (χ1) is 8.74. The normalized spacial score (nSPS) is 20.4. The molecule has 0 aliphatic carbocycles. The summed E-state index contributed by atoms with van der Waals surface area (Å²) in [6, 6.07) is 4.41. The maximum absolute atomic E-state index is 6.35. The van der Waals surface area contributed by atoms with E-state index in [1.165, 1.54) is 35.9 Å². The molecule has 0 bridgehead atoms. The minimum atomic E-state index is 0.756. The van der Waals surface area contributed by atoms with E-state index in [0.29, 0.717) is 0 Å². The van der Waals surface area contributed by atoms with Crippen molar-refractivity contribution in [1.82, 2.24) is 10.3 Å². The fraction of sp³-hybridized carbons (Fsp3) is 0.467. The molecule has 2 N–H and O–H groups in total. The number of aromatic nitrogens is 1. The van der Waals surface area contributed by atoms with Gasteiger partial charge in [-0.15, -0.1) is 0 Å². The van der Waals surface area contributed by atoms with Crippen molar-refractivity contribution in [3.8, 4) is 0 Å². The Bertz CT molecular complexity index is 553. The number of H-pyrrole nitrogens is 1. The van der Waals surface area contributed by atoms with Crippen molar-refractivity contribution >= 4 is 22.5 Å². The number of hydrogen-bond acceptors (Lipinski definition) is 1. The van der Waals surface area contributed by atoms with Gasteiger partial charge in [-0.2, -0.15) is 0 Å². The second-order valence-corrected chi connectivity index (χ2v) is 5.80. The zero-order valence-corrected chi connectivity index (χ0v) is 11.5. The van der Waals surface area contributed by atoms with Crippen molar-refractivity contribution in [1.29, 1.82) is 0 Å². The van der Waals surface area contributed by atoms with Crippen LogP contribution in [0.5, 0.6) is 0 Å². The van der Waals surface area contributed by atoms with Gasteiger partial charge in [0.05, 0.1) is 10.5 Å². The number of halogens is 1. The van der Waals surface area contributed by atoms with Crippen LogP contribution in [-0.4, -0.2) is 18.1 Å². The van der Waals surface area contributed by atoms with E-state index in [2.05, 4.69) is 29.4 Å². The molecular weight excluding hydrogens is 244 g/mol.